The number of hydrogen-bond donors (Lipinski definition) is 2. The number of nitrogens with one attached hydrogen (secondary N) is 1. The van der Waals surface area contributed by atoms with Crippen LogP contribution in [0.2, 0.25) is 0 Å². The first-order valence-corrected chi connectivity index (χ1v) is 6.70. The minimum atomic E-state index is -0.971. The van der Waals surface area contributed by atoms with Gasteiger partial charge in [-0.2, -0.15) is 0 Å². The van der Waals surface area contributed by atoms with Gasteiger partial charge in [0.15, 0.2) is 5.69 Å². The minimum Gasteiger partial charge on any atom is -0.478 e. The molecule has 1 aliphatic rings. The molecule has 0 saturated heterocycles. The summed E-state index contributed by atoms with van der Waals surface area (Å²) in [4.78, 5) is 22.7. The van der Waals surface area contributed by atoms with Crippen molar-refractivity contribution in [1.29, 1.82) is 0 Å². The van der Waals surface area contributed by atoms with Gasteiger partial charge in [0.1, 0.15) is 5.76 Å². The van der Waals surface area contributed by atoms with E-state index in [9.17, 15) is 9.59 Å². The van der Waals surface area contributed by atoms with Gasteiger partial charge in [-0.15, -0.1) is 0 Å². The summed E-state index contributed by atoms with van der Waals surface area (Å²) in [5.74, 6) is -0.0812. The number of carboxylic acid groups (broad SMARTS) is 1. The van der Waals surface area contributed by atoms with Crippen molar-refractivity contribution in [2.24, 2.45) is 0 Å². The molecule has 1 saturated carbocycles. The van der Waals surface area contributed by atoms with Crippen molar-refractivity contribution in [2.45, 2.75) is 25.3 Å². The largest absolute Gasteiger partial charge is 0.478 e. The molecule has 2 N–H and O–H groups in total. The summed E-state index contributed by atoms with van der Waals surface area (Å²) in [6.07, 6.45) is 2.18. The van der Waals surface area contributed by atoms with E-state index in [-0.39, 0.29) is 17.2 Å². The number of aromatic carboxylic acids is 1. The van der Waals surface area contributed by atoms with Gasteiger partial charge in [0.2, 0.25) is 0 Å². The molecule has 21 heavy (non-hydrogen) atoms. The third kappa shape index (κ3) is 3.10. The summed E-state index contributed by atoms with van der Waals surface area (Å²) < 4.78 is 5.13. The van der Waals surface area contributed by atoms with Gasteiger partial charge in [-0.1, -0.05) is 17.3 Å². The Kier molecular flexibility index (Phi) is 3.43. The lowest BCUT2D eigenvalue weighted by Crippen LogP contribution is -2.23. The van der Waals surface area contributed by atoms with Crippen LogP contribution in [0.4, 0.5) is 0 Å². The highest BCUT2D eigenvalue weighted by Crippen LogP contribution is 2.40. The van der Waals surface area contributed by atoms with Crippen LogP contribution in [0.3, 0.4) is 0 Å². The van der Waals surface area contributed by atoms with Crippen LogP contribution in [0.1, 0.15) is 50.9 Å². The van der Waals surface area contributed by atoms with E-state index in [0.29, 0.717) is 12.5 Å². The third-order valence-electron chi connectivity index (χ3n) is 3.39. The molecule has 1 aromatic carbocycles. The molecule has 1 aliphatic carbocycles. The lowest BCUT2D eigenvalue weighted by atomic mass is 10.1. The molecule has 0 radical (unpaired) electrons. The Labute approximate surface area is 120 Å². The first kappa shape index (κ1) is 13.4. The molecule has 0 bridgehead atoms. The standard InChI is InChI=1S/C15H14N2O4/c18-14(12-7-13(21-17-12)10-5-6-10)16-8-9-1-3-11(4-2-9)15(19)20/h1-4,7,10H,5-6,8H2,(H,16,18)(H,19,20). The number of aromatic nitrogens is 1. The van der Waals surface area contributed by atoms with Gasteiger partial charge in [0.05, 0.1) is 5.56 Å². The van der Waals surface area contributed by atoms with Crippen LogP contribution in [0.25, 0.3) is 0 Å². The minimum absolute atomic E-state index is 0.218. The summed E-state index contributed by atoms with van der Waals surface area (Å²) in [5.41, 5.74) is 1.31. The second kappa shape index (κ2) is 5.40. The normalized spacial score (nSPS) is 13.9. The van der Waals surface area contributed by atoms with Crippen LogP contribution in [-0.2, 0) is 6.54 Å². The molecule has 0 unspecified atom stereocenters. The zero-order valence-electron chi connectivity index (χ0n) is 11.2. The van der Waals surface area contributed by atoms with Crippen molar-refractivity contribution in [3.8, 4) is 0 Å². The average molecular weight is 286 g/mol. The van der Waals surface area contributed by atoms with Gasteiger partial charge < -0.3 is 14.9 Å². The second-order valence-corrected chi connectivity index (χ2v) is 5.07. The molecule has 0 aliphatic heterocycles. The molecule has 1 amide bonds. The van der Waals surface area contributed by atoms with Crippen molar-refractivity contribution in [3.63, 3.8) is 0 Å². The molecule has 1 fully saturated rings. The van der Waals surface area contributed by atoms with Crippen molar-refractivity contribution in [2.75, 3.05) is 0 Å². The van der Waals surface area contributed by atoms with E-state index in [1.807, 2.05) is 0 Å². The molecular formula is C15H14N2O4. The van der Waals surface area contributed by atoms with Crippen LogP contribution in [0, 0.1) is 0 Å². The zero-order valence-corrected chi connectivity index (χ0v) is 11.2. The maximum Gasteiger partial charge on any atom is 0.335 e. The van der Waals surface area contributed by atoms with E-state index in [1.54, 1.807) is 18.2 Å². The van der Waals surface area contributed by atoms with Crippen molar-refractivity contribution < 1.29 is 19.2 Å². The fourth-order valence-corrected chi connectivity index (χ4v) is 1.99. The second-order valence-electron chi connectivity index (χ2n) is 5.07. The fourth-order valence-electron chi connectivity index (χ4n) is 1.99. The Morgan fingerprint density at radius 2 is 2.00 bits per heavy atom. The zero-order chi connectivity index (χ0) is 14.8. The van der Waals surface area contributed by atoms with E-state index in [0.717, 1.165) is 24.2 Å². The highest BCUT2D eigenvalue weighted by Gasteiger charge is 2.28. The third-order valence-corrected chi connectivity index (χ3v) is 3.39. The molecule has 6 nitrogen and oxygen atoms in total. The first-order chi connectivity index (χ1) is 10.1. The fraction of sp³-hybridized carbons (Fsp3) is 0.267. The van der Waals surface area contributed by atoms with E-state index >= 15 is 0 Å². The lowest BCUT2D eigenvalue weighted by Gasteiger charge is -2.03. The van der Waals surface area contributed by atoms with Crippen molar-refractivity contribution in [1.82, 2.24) is 10.5 Å². The van der Waals surface area contributed by atoms with Crippen LogP contribution < -0.4 is 5.32 Å². The summed E-state index contributed by atoms with van der Waals surface area (Å²) in [7, 11) is 0. The molecule has 3 rings (SSSR count). The molecule has 1 aromatic heterocycles. The molecule has 0 spiro atoms. The maximum absolute atomic E-state index is 11.9. The van der Waals surface area contributed by atoms with Gasteiger partial charge >= 0.3 is 5.97 Å². The Balaban J connectivity index is 1.58. The summed E-state index contributed by atoms with van der Waals surface area (Å²) in [6, 6.07) is 8.03. The Bertz CT molecular complexity index is 671. The van der Waals surface area contributed by atoms with Crippen LogP contribution in [0.15, 0.2) is 34.9 Å². The van der Waals surface area contributed by atoms with Crippen LogP contribution in [0.5, 0.6) is 0 Å². The molecule has 108 valence electrons. The SMILES string of the molecule is O=C(O)c1ccc(CNC(=O)c2cc(C3CC3)on2)cc1. The van der Waals surface area contributed by atoms with Gasteiger partial charge in [-0.3, -0.25) is 4.79 Å². The molecule has 1 heterocycles. The van der Waals surface area contributed by atoms with Gasteiger partial charge in [0, 0.05) is 18.5 Å². The van der Waals surface area contributed by atoms with Gasteiger partial charge in [-0.25, -0.2) is 4.79 Å². The summed E-state index contributed by atoms with van der Waals surface area (Å²) >= 11 is 0. The average Bonchev–Trinajstić information content (AvgIpc) is 3.22. The number of carbonyl (C=O) groups excluding carboxylic acids is 1. The monoisotopic (exact) mass is 286 g/mol. The summed E-state index contributed by atoms with van der Waals surface area (Å²) in [5, 5.41) is 15.3. The number of nitrogens with zero attached hydrogens (tertiary/aromatic N) is 1. The smallest absolute Gasteiger partial charge is 0.335 e. The predicted molar refractivity (Wildman–Crippen MR) is 73.0 cm³/mol. The topological polar surface area (TPSA) is 92.4 Å². The van der Waals surface area contributed by atoms with Crippen LogP contribution in [-0.4, -0.2) is 22.1 Å². The number of amides is 1. The highest BCUT2D eigenvalue weighted by molar-refractivity contribution is 5.92. The molecule has 0 atom stereocenters. The Hall–Kier alpha value is -2.63. The van der Waals surface area contributed by atoms with E-state index in [2.05, 4.69) is 10.5 Å². The molecule has 2 aromatic rings. The number of carbonyl (C=O) groups is 2. The Morgan fingerprint density at radius 3 is 2.62 bits per heavy atom. The van der Waals surface area contributed by atoms with Gasteiger partial charge in [-0.05, 0) is 30.5 Å². The van der Waals surface area contributed by atoms with Gasteiger partial charge in [0.25, 0.3) is 5.91 Å². The number of hydrogen-bond acceptors (Lipinski definition) is 4. The molecule has 6 heteroatoms. The number of benzene rings is 1. The lowest BCUT2D eigenvalue weighted by molar-refractivity contribution is 0.0696. The first-order valence-electron chi connectivity index (χ1n) is 6.70. The van der Waals surface area contributed by atoms with Crippen molar-refractivity contribution in [3.05, 3.63) is 52.9 Å². The highest BCUT2D eigenvalue weighted by atomic mass is 16.5. The van der Waals surface area contributed by atoms with Crippen molar-refractivity contribution >= 4 is 11.9 Å². The number of rotatable bonds is 5. The number of carboxylic acids is 1. The van der Waals surface area contributed by atoms with E-state index in [4.69, 9.17) is 9.63 Å². The van der Waals surface area contributed by atoms with Crippen LogP contribution >= 0.6 is 0 Å². The Morgan fingerprint density at radius 1 is 1.29 bits per heavy atom. The summed E-state index contributed by atoms with van der Waals surface area (Å²) in [6.45, 7) is 0.310. The maximum atomic E-state index is 11.9. The van der Waals surface area contributed by atoms with E-state index in [1.165, 1.54) is 12.1 Å². The van der Waals surface area contributed by atoms with E-state index < -0.39 is 5.97 Å². The predicted octanol–water partition coefficient (Wildman–Crippen LogP) is 2.18. The molecular weight excluding hydrogens is 272 g/mol. The quantitative estimate of drug-likeness (QED) is 0.878.